The Balaban J connectivity index is 2.00. The van der Waals surface area contributed by atoms with Gasteiger partial charge in [-0.15, -0.1) is 0 Å². The van der Waals surface area contributed by atoms with Crippen molar-refractivity contribution in [2.24, 2.45) is 0 Å². The molecule has 1 aromatic carbocycles. The number of carbonyl (C=O) groups is 2. The zero-order chi connectivity index (χ0) is 14.4. The predicted octanol–water partition coefficient (Wildman–Crippen LogP) is 1.78. The monoisotopic (exact) mass is 279 g/mol. The van der Waals surface area contributed by atoms with Gasteiger partial charge in [0.25, 0.3) is 0 Å². The van der Waals surface area contributed by atoms with E-state index in [1.54, 1.807) is 18.2 Å². The zero-order valence-corrected chi connectivity index (χ0v) is 11.3. The van der Waals surface area contributed by atoms with E-state index in [0.29, 0.717) is 30.2 Å². The fraction of sp³-hybridized carbons (Fsp3) is 0.429. The minimum Gasteiger partial charge on any atom is -0.493 e. The summed E-state index contributed by atoms with van der Waals surface area (Å²) >= 11 is 0. The van der Waals surface area contributed by atoms with E-state index in [4.69, 9.17) is 14.2 Å². The first kappa shape index (κ1) is 14.2. The minimum atomic E-state index is -0.450. The van der Waals surface area contributed by atoms with Crippen LogP contribution in [0.3, 0.4) is 0 Å². The molecule has 1 heterocycles. The number of ether oxygens (including phenoxy) is 3. The molecule has 0 spiro atoms. The van der Waals surface area contributed by atoms with Crippen LogP contribution < -0.4 is 14.8 Å². The second-order valence-electron chi connectivity index (χ2n) is 4.39. The SMILES string of the molecule is CCCOc1ccc(C=O)c(OCC2CNC(=O)O2)c1. The van der Waals surface area contributed by atoms with Crippen molar-refractivity contribution in [2.75, 3.05) is 19.8 Å². The van der Waals surface area contributed by atoms with Gasteiger partial charge in [0, 0.05) is 6.07 Å². The third-order valence-corrected chi connectivity index (χ3v) is 2.76. The van der Waals surface area contributed by atoms with E-state index in [9.17, 15) is 9.59 Å². The number of aldehydes is 1. The Morgan fingerprint density at radius 3 is 2.95 bits per heavy atom. The molecule has 0 saturated carbocycles. The molecule has 1 aromatic rings. The van der Waals surface area contributed by atoms with Crippen molar-refractivity contribution >= 4 is 12.4 Å². The first-order chi connectivity index (χ1) is 9.72. The molecule has 0 bridgehead atoms. The highest BCUT2D eigenvalue weighted by atomic mass is 16.6. The van der Waals surface area contributed by atoms with Crippen LogP contribution in [-0.2, 0) is 4.74 Å². The van der Waals surface area contributed by atoms with Crippen LogP contribution in [0.5, 0.6) is 11.5 Å². The average molecular weight is 279 g/mol. The summed E-state index contributed by atoms with van der Waals surface area (Å²) < 4.78 is 16.0. The maximum Gasteiger partial charge on any atom is 0.407 e. The minimum absolute atomic E-state index is 0.191. The molecule has 1 atom stereocenters. The van der Waals surface area contributed by atoms with Crippen molar-refractivity contribution in [1.82, 2.24) is 5.32 Å². The Hall–Kier alpha value is -2.24. The van der Waals surface area contributed by atoms with E-state index < -0.39 is 6.09 Å². The number of hydrogen-bond donors (Lipinski definition) is 1. The molecule has 0 aromatic heterocycles. The number of nitrogens with one attached hydrogen (secondary N) is 1. The third kappa shape index (κ3) is 3.63. The van der Waals surface area contributed by atoms with Crippen LogP contribution in [0.2, 0.25) is 0 Å². The van der Waals surface area contributed by atoms with Crippen LogP contribution in [-0.4, -0.2) is 38.2 Å². The number of benzene rings is 1. The van der Waals surface area contributed by atoms with Crippen LogP contribution >= 0.6 is 0 Å². The number of cyclic esters (lactones) is 1. The lowest BCUT2D eigenvalue weighted by molar-refractivity contribution is 0.102. The highest BCUT2D eigenvalue weighted by molar-refractivity contribution is 5.79. The third-order valence-electron chi connectivity index (χ3n) is 2.76. The Morgan fingerprint density at radius 1 is 1.45 bits per heavy atom. The van der Waals surface area contributed by atoms with Crippen LogP contribution in [0.4, 0.5) is 4.79 Å². The Kier molecular flexibility index (Phi) is 4.81. The molecular formula is C14H17NO5. The summed E-state index contributed by atoms with van der Waals surface area (Å²) in [6, 6.07) is 5.04. The molecule has 0 aliphatic carbocycles. The van der Waals surface area contributed by atoms with Crippen molar-refractivity contribution in [3.8, 4) is 11.5 Å². The Bertz CT molecular complexity index is 488. The molecule has 1 aliphatic heterocycles. The maximum absolute atomic E-state index is 11.0. The molecule has 2 rings (SSSR count). The van der Waals surface area contributed by atoms with Gasteiger partial charge in [0.15, 0.2) is 12.4 Å². The van der Waals surface area contributed by atoms with Gasteiger partial charge in [-0.3, -0.25) is 4.79 Å². The summed E-state index contributed by atoms with van der Waals surface area (Å²) in [4.78, 5) is 21.9. The second kappa shape index (κ2) is 6.79. The lowest BCUT2D eigenvalue weighted by atomic mass is 10.2. The number of hydrogen-bond acceptors (Lipinski definition) is 5. The average Bonchev–Trinajstić information content (AvgIpc) is 2.88. The van der Waals surface area contributed by atoms with E-state index in [-0.39, 0.29) is 12.7 Å². The largest absolute Gasteiger partial charge is 0.493 e. The van der Waals surface area contributed by atoms with Crippen LogP contribution in [0.1, 0.15) is 23.7 Å². The van der Waals surface area contributed by atoms with Crippen molar-refractivity contribution in [2.45, 2.75) is 19.4 Å². The Labute approximate surface area is 117 Å². The topological polar surface area (TPSA) is 73.9 Å². The highest BCUT2D eigenvalue weighted by Gasteiger charge is 2.23. The lowest BCUT2D eigenvalue weighted by Crippen LogP contribution is -2.22. The molecule has 1 N–H and O–H groups in total. The van der Waals surface area contributed by atoms with Gasteiger partial charge in [-0.2, -0.15) is 0 Å². The number of amides is 1. The fourth-order valence-electron chi connectivity index (χ4n) is 1.75. The first-order valence-electron chi connectivity index (χ1n) is 6.52. The molecule has 1 unspecified atom stereocenters. The highest BCUT2D eigenvalue weighted by Crippen LogP contribution is 2.24. The number of alkyl carbamates (subject to hydrolysis) is 1. The van der Waals surface area contributed by atoms with Gasteiger partial charge in [0.2, 0.25) is 0 Å². The molecule has 1 saturated heterocycles. The van der Waals surface area contributed by atoms with Crippen molar-refractivity contribution in [3.63, 3.8) is 0 Å². The lowest BCUT2D eigenvalue weighted by Gasteiger charge is -2.13. The molecule has 0 radical (unpaired) electrons. The van der Waals surface area contributed by atoms with Crippen LogP contribution in [0.15, 0.2) is 18.2 Å². The summed E-state index contributed by atoms with van der Waals surface area (Å²) in [6.07, 6.45) is 0.823. The quantitative estimate of drug-likeness (QED) is 0.770. The van der Waals surface area contributed by atoms with Gasteiger partial charge in [-0.05, 0) is 18.6 Å². The molecular weight excluding hydrogens is 262 g/mol. The first-order valence-corrected chi connectivity index (χ1v) is 6.52. The van der Waals surface area contributed by atoms with E-state index in [1.165, 1.54) is 0 Å². The van der Waals surface area contributed by atoms with E-state index in [0.717, 1.165) is 12.7 Å². The van der Waals surface area contributed by atoms with Crippen molar-refractivity contribution in [1.29, 1.82) is 0 Å². The number of rotatable bonds is 7. The Morgan fingerprint density at radius 2 is 2.30 bits per heavy atom. The standard InChI is InChI=1S/C14H17NO5/c1-2-5-18-11-4-3-10(8-16)13(6-11)19-9-12-7-15-14(17)20-12/h3-4,6,8,12H,2,5,7,9H2,1H3,(H,15,17). The molecule has 6 heteroatoms. The van der Waals surface area contributed by atoms with E-state index >= 15 is 0 Å². The van der Waals surface area contributed by atoms with Crippen LogP contribution in [0, 0.1) is 0 Å². The van der Waals surface area contributed by atoms with E-state index in [2.05, 4.69) is 5.32 Å². The van der Waals surface area contributed by atoms with Crippen molar-refractivity contribution < 1.29 is 23.8 Å². The summed E-state index contributed by atoms with van der Waals surface area (Å²) in [5, 5.41) is 2.54. The summed E-state index contributed by atoms with van der Waals surface area (Å²) in [7, 11) is 0. The molecule has 20 heavy (non-hydrogen) atoms. The van der Waals surface area contributed by atoms with Gasteiger partial charge in [0.05, 0.1) is 18.7 Å². The normalized spacial score (nSPS) is 17.2. The zero-order valence-electron chi connectivity index (χ0n) is 11.3. The molecule has 1 fully saturated rings. The van der Waals surface area contributed by atoms with Gasteiger partial charge in [0.1, 0.15) is 18.1 Å². The molecule has 1 amide bonds. The smallest absolute Gasteiger partial charge is 0.407 e. The molecule has 6 nitrogen and oxygen atoms in total. The van der Waals surface area contributed by atoms with E-state index in [1.807, 2.05) is 6.92 Å². The maximum atomic E-state index is 11.0. The molecule has 1 aliphatic rings. The number of carbonyl (C=O) groups excluding carboxylic acids is 2. The van der Waals surface area contributed by atoms with Gasteiger partial charge in [-0.25, -0.2) is 4.79 Å². The van der Waals surface area contributed by atoms with Crippen molar-refractivity contribution in [3.05, 3.63) is 23.8 Å². The van der Waals surface area contributed by atoms with Crippen LogP contribution in [0.25, 0.3) is 0 Å². The van der Waals surface area contributed by atoms with Gasteiger partial charge < -0.3 is 19.5 Å². The summed E-state index contributed by atoms with van der Waals surface area (Å²) in [5.41, 5.74) is 0.436. The second-order valence-corrected chi connectivity index (χ2v) is 4.39. The molecule has 108 valence electrons. The summed E-state index contributed by atoms with van der Waals surface area (Å²) in [6.45, 7) is 3.21. The summed E-state index contributed by atoms with van der Waals surface area (Å²) in [5.74, 6) is 1.07. The fourth-order valence-corrected chi connectivity index (χ4v) is 1.75. The predicted molar refractivity (Wildman–Crippen MR) is 71.4 cm³/mol. The van der Waals surface area contributed by atoms with Gasteiger partial charge >= 0.3 is 6.09 Å². The van der Waals surface area contributed by atoms with Gasteiger partial charge in [-0.1, -0.05) is 6.92 Å².